The molecule has 1 aromatic rings. The number of hydrogen-bond donors (Lipinski definition) is 2. The predicted molar refractivity (Wildman–Crippen MR) is 89.6 cm³/mol. The smallest absolute Gasteiger partial charge is 0.405 e. The van der Waals surface area contributed by atoms with E-state index >= 15 is 0 Å². The average molecular weight is 351 g/mol. The number of ether oxygens (including phenoxy) is 1. The summed E-state index contributed by atoms with van der Waals surface area (Å²) in [5, 5.41) is 3.24. The van der Waals surface area contributed by atoms with E-state index in [-0.39, 0.29) is 5.28 Å². The van der Waals surface area contributed by atoms with Crippen LogP contribution in [0.15, 0.2) is 6.20 Å². The molecule has 0 saturated heterocycles. The SMILES string of the molecule is C[C@H](C#Cc1cnc(Cl)nc1NC1(C=O)CCCCC1)OC(N)=O. The van der Waals surface area contributed by atoms with Crippen molar-refractivity contribution in [3.8, 4) is 11.8 Å². The van der Waals surface area contributed by atoms with Gasteiger partial charge < -0.3 is 20.6 Å². The predicted octanol–water partition coefficient (Wildman–Crippen LogP) is 2.28. The van der Waals surface area contributed by atoms with E-state index in [2.05, 4.69) is 27.1 Å². The monoisotopic (exact) mass is 350 g/mol. The lowest BCUT2D eigenvalue weighted by atomic mass is 9.83. The highest BCUT2D eigenvalue weighted by molar-refractivity contribution is 6.28. The van der Waals surface area contributed by atoms with Crippen LogP contribution in [0.1, 0.15) is 44.6 Å². The molecule has 1 heterocycles. The maximum atomic E-state index is 11.6. The van der Waals surface area contributed by atoms with Crippen molar-refractivity contribution < 1.29 is 14.3 Å². The van der Waals surface area contributed by atoms with Crippen molar-refractivity contribution in [3.05, 3.63) is 17.0 Å². The summed E-state index contributed by atoms with van der Waals surface area (Å²) < 4.78 is 4.75. The Balaban J connectivity index is 2.26. The van der Waals surface area contributed by atoms with Gasteiger partial charge in [-0.05, 0) is 31.4 Å². The van der Waals surface area contributed by atoms with E-state index < -0.39 is 17.7 Å². The minimum absolute atomic E-state index is 0.0568. The van der Waals surface area contributed by atoms with E-state index in [1.54, 1.807) is 6.92 Å². The molecule has 1 saturated carbocycles. The number of anilines is 1. The van der Waals surface area contributed by atoms with Crippen molar-refractivity contribution in [1.29, 1.82) is 0 Å². The summed E-state index contributed by atoms with van der Waals surface area (Å²) in [6, 6.07) is 0. The zero-order valence-corrected chi connectivity index (χ0v) is 14.1. The molecule has 0 aromatic carbocycles. The number of rotatable bonds is 4. The Labute approximate surface area is 145 Å². The van der Waals surface area contributed by atoms with Crippen molar-refractivity contribution in [2.45, 2.75) is 50.7 Å². The van der Waals surface area contributed by atoms with Gasteiger partial charge in [0.05, 0.1) is 11.1 Å². The number of carbonyl (C=O) groups excluding carboxylic acids is 2. The highest BCUT2D eigenvalue weighted by atomic mass is 35.5. The molecule has 0 spiro atoms. The van der Waals surface area contributed by atoms with E-state index in [9.17, 15) is 9.59 Å². The quantitative estimate of drug-likeness (QED) is 0.490. The molecule has 0 unspecified atom stereocenters. The third kappa shape index (κ3) is 4.83. The summed E-state index contributed by atoms with van der Waals surface area (Å²) >= 11 is 5.87. The number of amides is 1. The summed E-state index contributed by atoms with van der Waals surface area (Å²) in [5.41, 5.74) is 4.75. The molecule has 1 atom stereocenters. The number of aromatic nitrogens is 2. The Morgan fingerprint density at radius 2 is 2.21 bits per heavy atom. The van der Waals surface area contributed by atoms with Crippen LogP contribution in [0.2, 0.25) is 5.28 Å². The second-order valence-electron chi connectivity index (χ2n) is 5.71. The molecule has 0 bridgehead atoms. The van der Waals surface area contributed by atoms with E-state index in [1.807, 2.05) is 0 Å². The molecule has 1 fully saturated rings. The number of nitrogens with zero attached hydrogens (tertiary/aromatic N) is 2. The van der Waals surface area contributed by atoms with Gasteiger partial charge in [-0.25, -0.2) is 9.78 Å². The van der Waals surface area contributed by atoms with Gasteiger partial charge in [0.25, 0.3) is 0 Å². The molecule has 0 radical (unpaired) electrons. The molecule has 2 rings (SSSR count). The summed E-state index contributed by atoms with van der Waals surface area (Å²) in [6.45, 7) is 1.59. The molecule has 1 aliphatic rings. The fourth-order valence-electron chi connectivity index (χ4n) is 2.62. The molecule has 0 aliphatic heterocycles. The van der Waals surface area contributed by atoms with Crippen LogP contribution >= 0.6 is 11.6 Å². The molecule has 24 heavy (non-hydrogen) atoms. The van der Waals surface area contributed by atoms with Crippen LogP contribution in [-0.2, 0) is 9.53 Å². The zero-order valence-electron chi connectivity index (χ0n) is 13.3. The number of nitrogens with two attached hydrogens (primary N) is 1. The summed E-state index contributed by atoms with van der Waals surface area (Å²) in [6.07, 6.45) is 5.31. The Bertz CT molecular complexity index is 678. The minimum atomic E-state index is -0.899. The van der Waals surface area contributed by atoms with Gasteiger partial charge in [0, 0.05) is 6.20 Å². The molecule has 1 amide bonds. The van der Waals surface area contributed by atoms with E-state index in [1.165, 1.54) is 6.20 Å². The molecule has 1 aromatic heterocycles. The van der Waals surface area contributed by atoms with Crippen LogP contribution in [0.25, 0.3) is 0 Å². The number of carbonyl (C=O) groups is 2. The molecule has 7 nitrogen and oxygen atoms in total. The number of aldehydes is 1. The highest BCUT2D eigenvalue weighted by Gasteiger charge is 2.32. The first-order chi connectivity index (χ1) is 11.4. The number of hydrogen-bond acceptors (Lipinski definition) is 6. The van der Waals surface area contributed by atoms with Gasteiger partial charge in [-0.3, -0.25) is 0 Å². The number of halogens is 1. The number of primary amides is 1. The van der Waals surface area contributed by atoms with Crippen LogP contribution in [0.3, 0.4) is 0 Å². The second-order valence-corrected chi connectivity index (χ2v) is 6.05. The van der Waals surface area contributed by atoms with E-state index in [0.717, 1.165) is 38.4 Å². The fourth-order valence-corrected chi connectivity index (χ4v) is 2.75. The normalized spacial score (nSPS) is 17.1. The topological polar surface area (TPSA) is 107 Å². The third-order valence-electron chi connectivity index (χ3n) is 3.80. The van der Waals surface area contributed by atoms with Gasteiger partial charge in [0.2, 0.25) is 5.28 Å². The first-order valence-corrected chi connectivity index (χ1v) is 8.06. The molecule has 128 valence electrons. The van der Waals surface area contributed by atoms with Gasteiger partial charge in [0.15, 0.2) is 6.10 Å². The third-order valence-corrected chi connectivity index (χ3v) is 3.98. The Morgan fingerprint density at radius 3 is 2.83 bits per heavy atom. The lowest BCUT2D eigenvalue weighted by Crippen LogP contribution is -2.42. The number of nitrogens with one attached hydrogen (secondary N) is 1. The van der Waals surface area contributed by atoms with Crippen LogP contribution in [-0.4, -0.2) is 34.0 Å². The van der Waals surface area contributed by atoms with E-state index in [0.29, 0.717) is 11.4 Å². The standard InChI is InChI=1S/C16H19ClN4O3/c1-11(24-15(18)23)5-6-12-9-19-14(17)20-13(12)21-16(10-22)7-3-2-4-8-16/h9-11H,2-4,7-8H2,1H3,(H2,18,23)(H,19,20,21)/t11-/m1/s1. The summed E-state index contributed by atoms with van der Waals surface area (Å²) in [4.78, 5) is 30.4. The van der Waals surface area contributed by atoms with Gasteiger partial charge in [0.1, 0.15) is 12.1 Å². The zero-order chi connectivity index (χ0) is 17.6. The average Bonchev–Trinajstić information content (AvgIpc) is 2.54. The van der Waals surface area contributed by atoms with Crippen LogP contribution in [0.5, 0.6) is 0 Å². The van der Waals surface area contributed by atoms with Crippen molar-refractivity contribution in [2.75, 3.05) is 5.32 Å². The molecular weight excluding hydrogens is 332 g/mol. The van der Waals surface area contributed by atoms with Crippen molar-refractivity contribution in [1.82, 2.24) is 9.97 Å². The van der Waals surface area contributed by atoms with Gasteiger partial charge in [-0.1, -0.05) is 31.1 Å². The van der Waals surface area contributed by atoms with Crippen LogP contribution in [0.4, 0.5) is 10.6 Å². The van der Waals surface area contributed by atoms with Crippen LogP contribution in [0, 0.1) is 11.8 Å². The van der Waals surface area contributed by atoms with Crippen LogP contribution < -0.4 is 11.1 Å². The van der Waals surface area contributed by atoms with Crippen molar-refractivity contribution in [3.63, 3.8) is 0 Å². The minimum Gasteiger partial charge on any atom is -0.433 e. The molecule has 8 heteroatoms. The highest BCUT2D eigenvalue weighted by Crippen LogP contribution is 2.30. The lowest BCUT2D eigenvalue weighted by molar-refractivity contribution is -0.112. The largest absolute Gasteiger partial charge is 0.433 e. The Kier molecular flexibility index (Phi) is 5.99. The maximum absolute atomic E-state index is 11.6. The van der Waals surface area contributed by atoms with Crippen molar-refractivity contribution in [2.24, 2.45) is 5.73 Å². The first-order valence-electron chi connectivity index (χ1n) is 7.69. The molecule has 1 aliphatic carbocycles. The fraction of sp³-hybridized carbons (Fsp3) is 0.500. The van der Waals surface area contributed by atoms with Gasteiger partial charge >= 0.3 is 6.09 Å². The summed E-state index contributed by atoms with van der Waals surface area (Å²) in [7, 11) is 0. The molecule has 3 N–H and O–H groups in total. The van der Waals surface area contributed by atoms with Crippen molar-refractivity contribution >= 4 is 29.8 Å². The second kappa shape index (κ2) is 7.97. The Hall–Kier alpha value is -2.33. The molecular formula is C16H19ClN4O3. The van der Waals surface area contributed by atoms with Gasteiger partial charge in [-0.2, -0.15) is 4.98 Å². The summed E-state index contributed by atoms with van der Waals surface area (Å²) in [5.74, 6) is 5.96. The van der Waals surface area contributed by atoms with E-state index in [4.69, 9.17) is 22.1 Å². The lowest BCUT2D eigenvalue weighted by Gasteiger charge is -2.33. The Morgan fingerprint density at radius 1 is 1.50 bits per heavy atom. The maximum Gasteiger partial charge on any atom is 0.405 e. The first kappa shape index (κ1) is 18.0. The van der Waals surface area contributed by atoms with Gasteiger partial charge in [-0.15, -0.1) is 0 Å².